The van der Waals surface area contributed by atoms with Crippen molar-refractivity contribution in [2.24, 2.45) is 5.73 Å². The number of pyridine rings is 1. The molecule has 94 valence electrons. The summed E-state index contributed by atoms with van der Waals surface area (Å²) >= 11 is 0. The predicted molar refractivity (Wildman–Crippen MR) is 77.9 cm³/mol. The summed E-state index contributed by atoms with van der Waals surface area (Å²) in [5, 5.41) is 0.693. The SMILES string of the molecule is NCc1cc(=O)c2cc(-c3ccccc3)ccc2[nH]1. The highest BCUT2D eigenvalue weighted by atomic mass is 16.1. The van der Waals surface area contributed by atoms with E-state index in [0.717, 1.165) is 22.3 Å². The minimum Gasteiger partial charge on any atom is -0.357 e. The molecule has 0 radical (unpaired) electrons. The van der Waals surface area contributed by atoms with Gasteiger partial charge in [-0.1, -0.05) is 36.4 Å². The number of H-pyrrole nitrogens is 1. The van der Waals surface area contributed by atoms with Crippen LogP contribution in [0.2, 0.25) is 0 Å². The molecule has 0 aliphatic rings. The highest BCUT2D eigenvalue weighted by molar-refractivity contribution is 5.84. The Morgan fingerprint density at radius 3 is 2.47 bits per heavy atom. The predicted octanol–water partition coefficient (Wildman–Crippen LogP) is 2.65. The van der Waals surface area contributed by atoms with E-state index in [1.807, 2.05) is 48.5 Å². The van der Waals surface area contributed by atoms with Crippen molar-refractivity contribution in [2.75, 3.05) is 0 Å². The van der Waals surface area contributed by atoms with Crippen LogP contribution in [0.25, 0.3) is 22.0 Å². The van der Waals surface area contributed by atoms with E-state index in [0.29, 0.717) is 11.9 Å². The molecular formula is C16H14N2O. The Bertz CT molecular complexity index is 776. The van der Waals surface area contributed by atoms with E-state index < -0.39 is 0 Å². The van der Waals surface area contributed by atoms with Crippen LogP contribution in [-0.2, 0) is 6.54 Å². The van der Waals surface area contributed by atoms with Gasteiger partial charge in [0.15, 0.2) is 5.43 Å². The number of nitrogens with one attached hydrogen (secondary N) is 1. The summed E-state index contributed by atoms with van der Waals surface area (Å²) in [6, 6.07) is 17.4. The van der Waals surface area contributed by atoms with Crippen LogP contribution in [0.4, 0.5) is 0 Å². The minimum absolute atomic E-state index is 0.00646. The maximum absolute atomic E-state index is 12.1. The van der Waals surface area contributed by atoms with Gasteiger partial charge in [-0.2, -0.15) is 0 Å². The molecule has 1 heterocycles. The molecule has 3 nitrogen and oxygen atoms in total. The number of benzene rings is 2. The lowest BCUT2D eigenvalue weighted by Crippen LogP contribution is -2.08. The lowest BCUT2D eigenvalue weighted by Gasteiger charge is -2.05. The highest BCUT2D eigenvalue weighted by Gasteiger charge is 2.04. The number of aromatic amines is 1. The van der Waals surface area contributed by atoms with Crippen molar-refractivity contribution in [1.82, 2.24) is 4.98 Å². The van der Waals surface area contributed by atoms with Crippen molar-refractivity contribution in [3.05, 3.63) is 70.5 Å². The largest absolute Gasteiger partial charge is 0.357 e. The third kappa shape index (κ3) is 2.16. The number of hydrogen-bond acceptors (Lipinski definition) is 2. The first-order chi connectivity index (χ1) is 9.28. The molecule has 0 fully saturated rings. The highest BCUT2D eigenvalue weighted by Crippen LogP contribution is 2.21. The Morgan fingerprint density at radius 1 is 0.947 bits per heavy atom. The third-order valence-electron chi connectivity index (χ3n) is 3.21. The van der Waals surface area contributed by atoms with Crippen molar-refractivity contribution >= 4 is 10.9 Å². The van der Waals surface area contributed by atoms with Crippen LogP contribution < -0.4 is 11.2 Å². The molecule has 3 heteroatoms. The van der Waals surface area contributed by atoms with Crippen LogP contribution in [0.3, 0.4) is 0 Å². The first kappa shape index (κ1) is 11.7. The molecular weight excluding hydrogens is 236 g/mol. The molecule has 0 saturated heterocycles. The number of nitrogens with two attached hydrogens (primary N) is 1. The van der Waals surface area contributed by atoms with Gasteiger partial charge in [-0.25, -0.2) is 0 Å². The second-order valence-electron chi connectivity index (χ2n) is 4.49. The van der Waals surface area contributed by atoms with Gasteiger partial charge in [0.2, 0.25) is 0 Å². The summed E-state index contributed by atoms with van der Waals surface area (Å²) < 4.78 is 0. The van der Waals surface area contributed by atoms with Crippen molar-refractivity contribution in [3.63, 3.8) is 0 Å². The quantitative estimate of drug-likeness (QED) is 0.734. The Kier molecular flexibility index (Phi) is 2.89. The summed E-state index contributed by atoms with van der Waals surface area (Å²) in [5.74, 6) is 0. The Labute approximate surface area is 110 Å². The standard InChI is InChI=1S/C16H14N2O/c17-10-13-9-16(19)14-8-12(6-7-15(14)18-13)11-4-2-1-3-5-11/h1-9H,10,17H2,(H,18,19). The molecule has 0 spiro atoms. The van der Waals surface area contributed by atoms with Crippen LogP contribution in [0, 0.1) is 0 Å². The zero-order valence-electron chi connectivity index (χ0n) is 10.4. The number of rotatable bonds is 2. The van der Waals surface area contributed by atoms with E-state index >= 15 is 0 Å². The van der Waals surface area contributed by atoms with E-state index in [9.17, 15) is 4.79 Å². The lowest BCUT2D eigenvalue weighted by molar-refractivity contribution is 1.00. The van der Waals surface area contributed by atoms with Gasteiger partial charge >= 0.3 is 0 Å². The second-order valence-corrected chi connectivity index (χ2v) is 4.49. The van der Waals surface area contributed by atoms with Crippen molar-refractivity contribution in [3.8, 4) is 11.1 Å². The van der Waals surface area contributed by atoms with Crippen LogP contribution in [0.5, 0.6) is 0 Å². The Balaban J connectivity index is 2.22. The molecule has 0 aliphatic carbocycles. The molecule has 1 aromatic heterocycles. The lowest BCUT2D eigenvalue weighted by atomic mass is 10.0. The average molecular weight is 250 g/mol. The second kappa shape index (κ2) is 4.71. The van der Waals surface area contributed by atoms with Gasteiger partial charge in [-0.15, -0.1) is 0 Å². The third-order valence-corrected chi connectivity index (χ3v) is 3.21. The fourth-order valence-corrected chi connectivity index (χ4v) is 2.22. The van der Waals surface area contributed by atoms with Gasteiger partial charge < -0.3 is 10.7 Å². The number of aromatic nitrogens is 1. The monoisotopic (exact) mass is 250 g/mol. The van der Waals surface area contributed by atoms with Crippen LogP contribution in [-0.4, -0.2) is 4.98 Å². The Hall–Kier alpha value is -2.39. The summed E-state index contributed by atoms with van der Waals surface area (Å²) in [6.07, 6.45) is 0. The summed E-state index contributed by atoms with van der Waals surface area (Å²) in [6.45, 7) is 0.339. The van der Waals surface area contributed by atoms with Crippen LogP contribution in [0.1, 0.15) is 5.69 Å². The van der Waals surface area contributed by atoms with Crippen molar-refractivity contribution < 1.29 is 0 Å². The maximum atomic E-state index is 12.1. The first-order valence-corrected chi connectivity index (χ1v) is 6.19. The topological polar surface area (TPSA) is 58.9 Å². The van der Waals surface area contributed by atoms with Crippen molar-refractivity contribution in [2.45, 2.75) is 6.54 Å². The van der Waals surface area contributed by atoms with Gasteiger partial charge in [-0.3, -0.25) is 4.79 Å². The fourth-order valence-electron chi connectivity index (χ4n) is 2.22. The fraction of sp³-hybridized carbons (Fsp3) is 0.0625. The first-order valence-electron chi connectivity index (χ1n) is 6.19. The zero-order chi connectivity index (χ0) is 13.2. The summed E-state index contributed by atoms with van der Waals surface area (Å²) in [5.41, 5.74) is 9.29. The van der Waals surface area contributed by atoms with E-state index in [4.69, 9.17) is 5.73 Å². The summed E-state index contributed by atoms with van der Waals surface area (Å²) in [4.78, 5) is 15.2. The number of hydrogen-bond donors (Lipinski definition) is 2. The van der Waals surface area contributed by atoms with Gasteiger partial charge in [0.05, 0.1) is 0 Å². The zero-order valence-corrected chi connectivity index (χ0v) is 10.4. The van der Waals surface area contributed by atoms with E-state index in [2.05, 4.69) is 4.98 Å². The van der Waals surface area contributed by atoms with Crippen LogP contribution in [0.15, 0.2) is 59.4 Å². The molecule has 0 amide bonds. The molecule has 3 rings (SSSR count). The smallest absolute Gasteiger partial charge is 0.189 e. The molecule has 0 bridgehead atoms. The summed E-state index contributed by atoms with van der Waals surface area (Å²) in [7, 11) is 0. The van der Waals surface area contributed by atoms with E-state index in [1.54, 1.807) is 6.07 Å². The molecule has 0 aliphatic heterocycles. The van der Waals surface area contributed by atoms with E-state index in [-0.39, 0.29) is 5.43 Å². The van der Waals surface area contributed by atoms with Gasteiger partial charge in [0.1, 0.15) is 0 Å². The average Bonchev–Trinajstić information content (AvgIpc) is 2.47. The van der Waals surface area contributed by atoms with Crippen LogP contribution >= 0.6 is 0 Å². The molecule has 0 saturated carbocycles. The van der Waals surface area contributed by atoms with Gasteiger partial charge in [0, 0.05) is 29.2 Å². The molecule has 3 N–H and O–H groups in total. The molecule has 2 aromatic carbocycles. The Morgan fingerprint density at radius 2 is 1.74 bits per heavy atom. The van der Waals surface area contributed by atoms with E-state index in [1.165, 1.54) is 0 Å². The van der Waals surface area contributed by atoms with Gasteiger partial charge in [0.25, 0.3) is 0 Å². The van der Waals surface area contributed by atoms with Crippen molar-refractivity contribution in [1.29, 1.82) is 0 Å². The molecule has 0 unspecified atom stereocenters. The minimum atomic E-state index is 0.00646. The van der Waals surface area contributed by atoms with Gasteiger partial charge in [-0.05, 0) is 23.3 Å². The normalized spacial score (nSPS) is 10.8. The molecule has 19 heavy (non-hydrogen) atoms. The molecule has 3 aromatic rings. The maximum Gasteiger partial charge on any atom is 0.189 e. The number of fused-ring (bicyclic) bond motifs is 1. The molecule has 0 atom stereocenters.